The number of allylic oxidation sites excluding steroid dienone is 2. The zero-order valence-corrected chi connectivity index (χ0v) is 33.5. The highest BCUT2D eigenvalue weighted by molar-refractivity contribution is 8.00. The minimum absolute atomic E-state index is 0.130. The number of nitrogens with one attached hydrogen (secondary N) is 1. The highest BCUT2D eigenvalue weighted by Gasteiger charge is 2.47. The first-order valence-corrected chi connectivity index (χ1v) is 19.8. The van der Waals surface area contributed by atoms with Crippen molar-refractivity contribution in [3.8, 4) is 6.07 Å². The third kappa shape index (κ3) is 13.6. The smallest absolute Gasteiger partial charge is 0.428 e. The Balaban J connectivity index is 1.17. The van der Waals surface area contributed by atoms with E-state index in [-0.39, 0.29) is 54.9 Å². The summed E-state index contributed by atoms with van der Waals surface area (Å²) in [6.45, 7) is 5.75. The number of aromatic nitrogens is 3. The van der Waals surface area contributed by atoms with E-state index in [9.17, 15) is 23.2 Å². The Morgan fingerprint density at radius 2 is 1.83 bits per heavy atom. The van der Waals surface area contributed by atoms with Crippen LogP contribution in [0.5, 0.6) is 0 Å². The Morgan fingerprint density at radius 3 is 2.53 bits per heavy atom. The number of hydrogen-bond donors (Lipinski definition) is 1. The molecule has 59 heavy (non-hydrogen) atoms. The second-order valence-corrected chi connectivity index (χ2v) is 15.4. The van der Waals surface area contributed by atoms with Gasteiger partial charge in [0.1, 0.15) is 30.1 Å². The molecule has 0 bridgehead atoms. The lowest BCUT2D eigenvalue weighted by Crippen LogP contribution is -2.47. The van der Waals surface area contributed by atoms with Gasteiger partial charge in [-0.15, -0.1) is 11.8 Å². The Bertz CT molecular complexity index is 1970. The molecule has 2 aliphatic rings. The van der Waals surface area contributed by atoms with Gasteiger partial charge in [0.05, 0.1) is 43.1 Å². The predicted octanol–water partition coefficient (Wildman–Crippen LogP) is 4.39. The van der Waals surface area contributed by atoms with Crippen LogP contribution in [0.4, 0.5) is 18.0 Å². The van der Waals surface area contributed by atoms with Gasteiger partial charge in [0.15, 0.2) is 11.9 Å². The minimum atomic E-state index is -1.90. The van der Waals surface area contributed by atoms with E-state index in [4.69, 9.17) is 28.9 Å². The number of benzene rings is 2. The molecule has 5 rings (SSSR count). The molecule has 19 heteroatoms. The van der Waals surface area contributed by atoms with Crippen LogP contribution in [0.3, 0.4) is 0 Å². The molecule has 0 aliphatic carbocycles. The Hall–Kier alpha value is -5.26. The first kappa shape index (κ1) is 44.8. The average Bonchev–Trinajstić information content (AvgIpc) is 3.73. The molecular weight excluding hydrogens is 796 g/mol. The fourth-order valence-electron chi connectivity index (χ4n) is 6.25. The van der Waals surface area contributed by atoms with Crippen LogP contribution in [-0.4, -0.2) is 126 Å². The summed E-state index contributed by atoms with van der Waals surface area (Å²) >= 11 is 1.25. The molecule has 2 saturated heterocycles. The van der Waals surface area contributed by atoms with Gasteiger partial charge < -0.3 is 33.9 Å². The summed E-state index contributed by atoms with van der Waals surface area (Å²) in [4.78, 5) is 46.4. The number of likely N-dealkylation sites (N-methyl/N-ethyl adjacent to an activating group) is 1. The molecule has 15 nitrogen and oxygen atoms in total. The van der Waals surface area contributed by atoms with Crippen LogP contribution >= 0.6 is 11.8 Å². The summed E-state index contributed by atoms with van der Waals surface area (Å²) in [5.74, 6) is -3.52. The number of hydrogen-bond acceptors (Lipinski definition) is 14. The van der Waals surface area contributed by atoms with E-state index in [2.05, 4.69) is 32.2 Å². The largest absolute Gasteiger partial charge is 0.512 e. The molecular formula is C40H46F3N7O8S. The van der Waals surface area contributed by atoms with Crippen molar-refractivity contribution in [2.45, 2.75) is 48.7 Å². The van der Waals surface area contributed by atoms with Crippen LogP contribution < -0.4 is 5.32 Å². The second kappa shape index (κ2) is 22.2. The lowest BCUT2D eigenvalue weighted by atomic mass is 9.89. The monoisotopic (exact) mass is 841 g/mol. The van der Waals surface area contributed by atoms with Gasteiger partial charge in [-0.3, -0.25) is 14.5 Å². The van der Waals surface area contributed by atoms with Crippen molar-refractivity contribution in [1.82, 2.24) is 29.9 Å². The maximum atomic E-state index is 15.7. The summed E-state index contributed by atoms with van der Waals surface area (Å²) in [6.07, 6.45) is 6.51. The predicted molar refractivity (Wildman–Crippen MR) is 209 cm³/mol. The van der Waals surface area contributed by atoms with Gasteiger partial charge in [0.2, 0.25) is 12.7 Å². The van der Waals surface area contributed by atoms with E-state index in [0.29, 0.717) is 24.7 Å². The maximum Gasteiger partial charge on any atom is 0.512 e. The van der Waals surface area contributed by atoms with E-state index < -0.39 is 53.5 Å². The number of thioether (sulfide) groups is 1. The number of piperazine rings is 1. The SMILES string of the molecule is C[C@@H](SC1COC(/C=C/C=C/c2ccc(C#N)cc2F)OC1)[C@@](Cn1cncn1)(OC(=O)OCOC(=O)CCC(=O)NCCN1CCN(C)CC1)c1ccc(F)cc1F. The molecule has 2 aromatic carbocycles. The summed E-state index contributed by atoms with van der Waals surface area (Å²) in [5.41, 5.74) is -1.58. The van der Waals surface area contributed by atoms with Crippen LogP contribution in [0.1, 0.15) is 36.5 Å². The highest BCUT2D eigenvalue weighted by Crippen LogP contribution is 2.42. The molecule has 1 aromatic heterocycles. The van der Waals surface area contributed by atoms with Crippen molar-refractivity contribution in [3.63, 3.8) is 0 Å². The third-order valence-corrected chi connectivity index (χ3v) is 11.0. The normalized spacial score (nSPS) is 19.2. The van der Waals surface area contributed by atoms with Crippen molar-refractivity contribution >= 4 is 35.9 Å². The van der Waals surface area contributed by atoms with Crippen molar-refractivity contribution in [2.24, 2.45) is 0 Å². The zero-order chi connectivity index (χ0) is 42.2. The fourth-order valence-corrected chi connectivity index (χ4v) is 7.61. The number of amides is 1. The average molecular weight is 842 g/mol. The topological polar surface area (TPSA) is 170 Å². The standard InChI is InChI=1S/C40H46F3N7O8S/c1-28(59-32-22-54-38(55-23-32)6-4-3-5-30-8-7-29(21-44)19-34(30)42)40(24-50-26-45-25-47-50,33-10-9-31(41)20-35(33)43)58-39(53)57-27-56-37(52)12-11-36(51)46-13-14-49-17-15-48(2)16-18-49/h3-10,19-20,25-26,28,32,38H,11-18,22-24,27H2,1-2H3,(H,46,51)/b5-3+,6-4+/t28-,32?,38?,40-/m1/s1. The summed E-state index contributed by atoms with van der Waals surface area (Å²) in [7, 11) is 2.06. The van der Waals surface area contributed by atoms with Crippen LogP contribution in [0, 0.1) is 28.8 Å². The first-order valence-electron chi connectivity index (χ1n) is 18.8. The van der Waals surface area contributed by atoms with Gasteiger partial charge in [-0.2, -0.15) is 10.4 Å². The number of carbonyl (C=O) groups excluding carboxylic acids is 3. The van der Waals surface area contributed by atoms with E-state index in [1.54, 1.807) is 25.2 Å². The molecule has 0 radical (unpaired) electrons. The number of nitriles is 1. The number of esters is 1. The molecule has 0 saturated carbocycles. The number of rotatable bonds is 18. The van der Waals surface area contributed by atoms with Gasteiger partial charge in [0.25, 0.3) is 0 Å². The molecule has 2 atom stereocenters. The van der Waals surface area contributed by atoms with E-state index in [1.165, 1.54) is 47.3 Å². The third-order valence-electron chi connectivity index (χ3n) is 9.55. The quantitative estimate of drug-likeness (QED) is 0.109. The second-order valence-electron chi connectivity index (χ2n) is 13.8. The number of halogens is 3. The van der Waals surface area contributed by atoms with Crippen LogP contribution in [0.15, 0.2) is 67.3 Å². The molecule has 316 valence electrons. The lowest BCUT2D eigenvalue weighted by molar-refractivity contribution is -0.156. The Morgan fingerprint density at radius 1 is 1.05 bits per heavy atom. The summed E-state index contributed by atoms with van der Waals surface area (Å²) in [5, 5.41) is 14.7. The van der Waals surface area contributed by atoms with Gasteiger partial charge in [-0.25, -0.2) is 27.6 Å². The first-order chi connectivity index (χ1) is 28.4. The van der Waals surface area contributed by atoms with Gasteiger partial charge >= 0.3 is 12.1 Å². The molecule has 3 aromatic rings. The van der Waals surface area contributed by atoms with Crippen molar-refractivity contribution in [1.29, 1.82) is 5.26 Å². The van der Waals surface area contributed by atoms with Gasteiger partial charge in [0, 0.05) is 68.1 Å². The number of ether oxygens (including phenoxy) is 5. The highest BCUT2D eigenvalue weighted by atomic mass is 32.2. The van der Waals surface area contributed by atoms with Crippen LogP contribution in [0.2, 0.25) is 0 Å². The van der Waals surface area contributed by atoms with E-state index in [1.807, 2.05) is 6.07 Å². The maximum absolute atomic E-state index is 15.7. The van der Waals surface area contributed by atoms with Crippen molar-refractivity contribution in [2.75, 3.05) is 66.3 Å². The Labute approximate surface area is 344 Å². The number of nitrogens with zero attached hydrogens (tertiary/aromatic N) is 6. The van der Waals surface area contributed by atoms with E-state index >= 15 is 4.39 Å². The van der Waals surface area contributed by atoms with Gasteiger partial charge in [-0.1, -0.05) is 24.3 Å². The molecule has 0 unspecified atom stereocenters. The summed E-state index contributed by atoms with van der Waals surface area (Å²) < 4.78 is 73.1. The van der Waals surface area contributed by atoms with Gasteiger partial charge in [-0.05, 0) is 44.3 Å². The molecule has 2 aliphatic heterocycles. The number of carbonyl (C=O) groups is 3. The van der Waals surface area contributed by atoms with Crippen molar-refractivity contribution in [3.05, 3.63) is 101 Å². The summed E-state index contributed by atoms with van der Waals surface area (Å²) in [6, 6.07) is 8.89. The Kier molecular flexibility index (Phi) is 16.9. The van der Waals surface area contributed by atoms with E-state index in [0.717, 1.165) is 44.4 Å². The molecule has 3 heterocycles. The van der Waals surface area contributed by atoms with Crippen LogP contribution in [0.25, 0.3) is 6.08 Å². The molecule has 1 amide bonds. The molecule has 0 spiro atoms. The van der Waals surface area contributed by atoms with Crippen molar-refractivity contribution < 1.29 is 51.2 Å². The lowest BCUT2D eigenvalue weighted by Gasteiger charge is -2.40. The molecule has 1 N–H and O–H groups in total. The fraction of sp³-hybridized carbons (Fsp3) is 0.450. The molecule has 2 fully saturated rings. The zero-order valence-electron chi connectivity index (χ0n) is 32.6. The minimum Gasteiger partial charge on any atom is -0.428 e. The van der Waals surface area contributed by atoms with Crippen LogP contribution in [-0.2, 0) is 45.4 Å².